The fraction of sp³-hybridized carbons (Fsp3) is 0.417. The minimum atomic E-state index is -0.505. The van der Waals surface area contributed by atoms with Gasteiger partial charge in [0.05, 0.1) is 13.2 Å². The topological polar surface area (TPSA) is 45.0 Å². The fourth-order valence-corrected chi connectivity index (χ4v) is 2.04. The molecule has 0 aliphatic carbocycles. The van der Waals surface area contributed by atoms with E-state index in [2.05, 4.69) is 11.4 Å². The van der Waals surface area contributed by atoms with Crippen molar-refractivity contribution < 1.29 is 4.74 Å². The summed E-state index contributed by atoms with van der Waals surface area (Å²) in [6, 6.07) is 10.1. The van der Waals surface area contributed by atoms with Crippen LogP contribution in [0.4, 0.5) is 0 Å². The standard InChI is InChI=1S/C12H14N2O/c1-15-11-5-2-4-10(8-11)12(9-13)6-3-7-14-12/h2,4-5,8,14H,3,6-7H2,1H3. The van der Waals surface area contributed by atoms with Gasteiger partial charge < -0.3 is 4.74 Å². The molecule has 0 amide bonds. The number of hydrogen-bond donors (Lipinski definition) is 1. The first kappa shape index (κ1) is 10.0. The monoisotopic (exact) mass is 202 g/mol. The third-order valence-electron chi connectivity index (χ3n) is 2.91. The predicted molar refractivity (Wildman–Crippen MR) is 57.5 cm³/mol. The Balaban J connectivity index is 2.39. The largest absolute Gasteiger partial charge is 0.497 e. The van der Waals surface area contributed by atoms with Crippen molar-refractivity contribution in [2.24, 2.45) is 0 Å². The predicted octanol–water partition coefficient (Wildman–Crippen LogP) is 1.80. The van der Waals surface area contributed by atoms with E-state index < -0.39 is 5.54 Å². The van der Waals surface area contributed by atoms with E-state index in [0.29, 0.717) is 0 Å². The Morgan fingerprint density at radius 3 is 3.00 bits per heavy atom. The molecule has 1 saturated heterocycles. The zero-order chi connectivity index (χ0) is 10.7. The Morgan fingerprint density at radius 2 is 2.40 bits per heavy atom. The molecule has 1 aromatic rings. The molecule has 1 unspecified atom stereocenters. The van der Waals surface area contributed by atoms with Crippen molar-refractivity contribution in [2.75, 3.05) is 13.7 Å². The second-order valence-electron chi connectivity index (χ2n) is 3.78. The molecular formula is C12H14N2O. The summed E-state index contributed by atoms with van der Waals surface area (Å²) in [7, 11) is 1.64. The van der Waals surface area contributed by atoms with Gasteiger partial charge in [-0.3, -0.25) is 5.32 Å². The van der Waals surface area contributed by atoms with Crippen LogP contribution in [-0.2, 0) is 5.54 Å². The van der Waals surface area contributed by atoms with Crippen LogP contribution in [0.3, 0.4) is 0 Å². The maximum absolute atomic E-state index is 9.28. The second kappa shape index (κ2) is 3.92. The quantitative estimate of drug-likeness (QED) is 0.795. The highest BCUT2D eigenvalue weighted by Gasteiger charge is 2.35. The van der Waals surface area contributed by atoms with E-state index >= 15 is 0 Å². The van der Waals surface area contributed by atoms with Crippen LogP contribution < -0.4 is 10.1 Å². The van der Waals surface area contributed by atoms with E-state index in [9.17, 15) is 5.26 Å². The first-order chi connectivity index (χ1) is 7.30. The molecule has 0 spiro atoms. The zero-order valence-corrected chi connectivity index (χ0v) is 8.79. The number of benzene rings is 1. The Morgan fingerprint density at radius 1 is 1.53 bits per heavy atom. The molecule has 0 saturated carbocycles. The lowest BCUT2D eigenvalue weighted by atomic mass is 9.90. The second-order valence-corrected chi connectivity index (χ2v) is 3.78. The van der Waals surface area contributed by atoms with Gasteiger partial charge in [0.25, 0.3) is 0 Å². The molecule has 15 heavy (non-hydrogen) atoms. The average Bonchev–Trinajstić information content (AvgIpc) is 2.79. The summed E-state index contributed by atoms with van der Waals surface area (Å²) >= 11 is 0. The lowest BCUT2D eigenvalue weighted by molar-refractivity contribution is 0.411. The van der Waals surface area contributed by atoms with Crippen molar-refractivity contribution in [3.05, 3.63) is 29.8 Å². The number of nitrogens with one attached hydrogen (secondary N) is 1. The fourth-order valence-electron chi connectivity index (χ4n) is 2.04. The highest BCUT2D eigenvalue weighted by Crippen LogP contribution is 2.31. The van der Waals surface area contributed by atoms with Gasteiger partial charge in [-0.25, -0.2) is 0 Å². The molecule has 2 rings (SSSR count). The van der Waals surface area contributed by atoms with E-state index in [1.54, 1.807) is 7.11 Å². The van der Waals surface area contributed by atoms with E-state index in [0.717, 1.165) is 30.7 Å². The van der Waals surface area contributed by atoms with E-state index in [1.807, 2.05) is 24.3 Å². The molecule has 1 N–H and O–H groups in total. The van der Waals surface area contributed by atoms with Crippen molar-refractivity contribution in [3.8, 4) is 11.8 Å². The summed E-state index contributed by atoms with van der Waals surface area (Å²) in [5.41, 5.74) is 0.496. The Kier molecular flexibility index (Phi) is 2.61. The molecule has 78 valence electrons. The maximum atomic E-state index is 9.28. The highest BCUT2D eigenvalue weighted by atomic mass is 16.5. The summed E-state index contributed by atoms with van der Waals surface area (Å²) in [5, 5.41) is 12.6. The van der Waals surface area contributed by atoms with Gasteiger partial charge in [0.2, 0.25) is 0 Å². The molecule has 1 aliphatic heterocycles. The zero-order valence-electron chi connectivity index (χ0n) is 8.79. The molecule has 1 atom stereocenters. The third kappa shape index (κ3) is 1.69. The lowest BCUT2D eigenvalue weighted by Crippen LogP contribution is -2.34. The van der Waals surface area contributed by atoms with Gasteiger partial charge in [-0.1, -0.05) is 12.1 Å². The Bertz CT molecular complexity index is 389. The van der Waals surface area contributed by atoms with Crippen LogP contribution >= 0.6 is 0 Å². The van der Waals surface area contributed by atoms with Gasteiger partial charge in [-0.15, -0.1) is 0 Å². The molecule has 1 aliphatic rings. The lowest BCUT2D eigenvalue weighted by Gasteiger charge is -2.21. The SMILES string of the molecule is COc1cccc(C2(C#N)CCCN2)c1. The van der Waals surface area contributed by atoms with E-state index in [-0.39, 0.29) is 0 Å². The molecule has 1 fully saturated rings. The van der Waals surface area contributed by atoms with Crippen LogP contribution in [-0.4, -0.2) is 13.7 Å². The summed E-state index contributed by atoms with van der Waals surface area (Å²) in [5.74, 6) is 0.802. The number of methoxy groups -OCH3 is 1. The van der Waals surface area contributed by atoms with Crippen molar-refractivity contribution in [1.29, 1.82) is 5.26 Å². The van der Waals surface area contributed by atoms with Crippen LogP contribution in [0.1, 0.15) is 18.4 Å². The van der Waals surface area contributed by atoms with Gasteiger partial charge in [-0.2, -0.15) is 5.26 Å². The molecule has 0 radical (unpaired) electrons. The van der Waals surface area contributed by atoms with Gasteiger partial charge in [0, 0.05) is 0 Å². The summed E-state index contributed by atoms with van der Waals surface area (Å²) in [4.78, 5) is 0. The summed E-state index contributed by atoms with van der Waals surface area (Å²) in [6.07, 6.45) is 1.92. The van der Waals surface area contributed by atoms with Crippen LogP contribution in [0.25, 0.3) is 0 Å². The molecule has 0 bridgehead atoms. The van der Waals surface area contributed by atoms with Crippen LogP contribution in [0, 0.1) is 11.3 Å². The number of nitrogens with zero attached hydrogens (tertiary/aromatic N) is 1. The Labute approximate surface area is 89.7 Å². The first-order valence-electron chi connectivity index (χ1n) is 5.11. The Hall–Kier alpha value is -1.53. The number of ether oxygens (including phenoxy) is 1. The molecule has 3 heteroatoms. The van der Waals surface area contributed by atoms with Crippen molar-refractivity contribution in [1.82, 2.24) is 5.32 Å². The molecule has 1 aromatic carbocycles. The minimum Gasteiger partial charge on any atom is -0.497 e. The van der Waals surface area contributed by atoms with Crippen molar-refractivity contribution in [3.63, 3.8) is 0 Å². The summed E-state index contributed by atoms with van der Waals surface area (Å²) < 4.78 is 5.17. The van der Waals surface area contributed by atoms with Crippen LogP contribution in [0.5, 0.6) is 5.75 Å². The van der Waals surface area contributed by atoms with Gasteiger partial charge in [0.15, 0.2) is 0 Å². The number of nitriles is 1. The van der Waals surface area contributed by atoms with Gasteiger partial charge in [-0.05, 0) is 37.1 Å². The van der Waals surface area contributed by atoms with Gasteiger partial charge in [0.1, 0.15) is 11.3 Å². The first-order valence-corrected chi connectivity index (χ1v) is 5.11. The molecule has 3 nitrogen and oxygen atoms in total. The van der Waals surface area contributed by atoms with E-state index in [4.69, 9.17) is 4.74 Å². The number of hydrogen-bond acceptors (Lipinski definition) is 3. The van der Waals surface area contributed by atoms with Crippen molar-refractivity contribution >= 4 is 0 Å². The molecular weight excluding hydrogens is 188 g/mol. The smallest absolute Gasteiger partial charge is 0.132 e. The minimum absolute atomic E-state index is 0.505. The molecule has 0 aromatic heterocycles. The highest BCUT2D eigenvalue weighted by molar-refractivity contribution is 5.38. The summed E-state index contributed by atoms with van der Waals surface area (Å²) in [6.45, 7) is 0.908. The normalized spacial score (nSPS) is 24.8. The third-order valence-corrected chi connectivity index (χ3v) is 2.91. The van der Waals surface area contributed by atoms with Crippen molar-refractivity contribution in [2.45, 2.75) is 18.4 Å². The van der Waals surface area contributed by atoms with Crippen LogP contribution in [0.2, 0.25) is 0 Å². The van der Waals surface area contributed by atoms with Gasteiger partial charge >= 0.3 is 0 Å². The van der Waals surface area contributed by atoms with Crippen LogP contribution in [0.15, 0.2) is 24.3 Å². The molecule has 1 heterocycles. The van der Waals surface area contributed by atoms with E-state index in [1.165, 1.54) is 0 Å². The number of rotatable bonds is 2. The average molecular weight is 202 g/mol. The maximum Gasteiger partial charge on any atom is 0.132 e.